The molecule has 2 rings (SSSR count). The van der Waals surface area contributed by atoms with Crippen molar-refractivity contribution in [1.29, 1.82) is 0 Å². The average Bonchev–Trinajstić information content (AvgIpc) is 3.03. The highest BCUT2D eigenvalue weighted by molar-refractivity contribution is 5.91. The van der Waals surface area contributed by atoms with Crippen LogP contribution in [0.1, 0.15) is 34.5 Å². The zero-order valence-electron chi connectivity index (χ0n) is 12.7. The van der Waals surface area contributed by atoms with Crippen LogP contribution in [0.4, 0.5) is 0 Å². The second kappa shape index (κ2) is 7.00. The van der Waals surface area contributed by atoms with Gasteiger partial charge >= 0.3 is 5.97 Å². The second-order valence-electron chi connectivity index (χ2n) is 4.47. The van der Waals surface area contributed by atoms with Crippen LogP contribution in [0.15, 0.2) is 35.1 Å². The van der Waals surface area contributed by atoms with Gasteiger partial charge in [-0.1, -0.05) is 0 Å². The minimum Gasteiger partial charge on any atom is -0.497 e. The number of hydrogen-bond acceptors (Lipinski definition) is 6. The van der Waals surface area contributed by atoms with Crippen molar-refractivity contribution in [3.8, 4) is 11.5 Å². The smallest absolute Gasteiger partial charge is 0.341 e. The molecule has 2 aromatic rings. The lowest BCUT2D eigenvalue weighted by Gasteiger charge is -2.16. The van der Waals surface area contributed by atoms with Crippen LogP contribution in [0, 0.1) is 0 Å². The van der Waals surface area contributed by atoms with Gasteiger partial charge in [-0.05, 0) is 25.1 Å². The molecular weight excluding hydrogens is 288 g/mol. The first kappa shape index (κ1) is 15.9. The zero-order valence-corrected chi connectivity index (χ0v) is 12.7. The van der Waals surface area contributed by atoms with E-state index in [-0.39, 0.29) is 12.2 Å². The van der Waals surface area contributed by atoms with Gasteiger partial charge in [0, 0.05) is 11.1 Å². The van der Waals surface area contributed by atoms with Crippen molar-refractivity contribution >= 4 is 5.97 Å². The van der Waals surface area contributed by atoms with Crippen LogP contribution in [0.5, 0.6) is 11.5 Å². The Kier molecular flexibility index (Phi) is 5.06. The molecule has 0 aliphatic heterocycles. The summed E-state index contributed by atoms with van der Waals surface area (Å²) in [5.74, 6) is 0.493. The first-order valence-electron chi connectivity index (χ1n) is 6.75. The van der Waals surface area contributed by atoms with E-state index in [0.29, 0.717) is 22.6 Å². The Bertz CT molecular complexity index is 646. The summed E-state index contributed by atoms with van der Waals surface area (Å²) >= 11 is 0. The van der Waals surface area contributed by atoms with E-state index < -0.39 is 12.1 Å². The summed E-state index contributed by atoms with van der Waals surface area (Å²) in [4.78, 5) is 11.9. The Hall–Kier alpha value is -2.47. The van der Waals surface area contributed by atoms with Gasteiger partial charge in [0.2, 0.25) is 0 Å². The summed E-state index contributed by atoms with van der Waals surface area (Å²) in [5.41, 5.74) is 0.957. The Labute approximate surface area is 128 Å². The van der Waals surface area contributed by atoms with E-state index in [1.165, 1.54) is 26.7 Å². The average molecular weight is 306 g/mol. The molecule has 6 nitrogen and oxygen atoms in total. The highest BCUT2D eigenvalue weighted by Gasteiger charge is 2.25. The minimum absolute atomic E-state index is 0.180. The number of methoxy groups -OCH3 is 2. The summed E-state index contributed by atoms with van der Waals surface area (Å²) in [6.45, 7) is 1.95. The standard InChI is InChI=1S/C16H18O6/c1-4-22-16(18)13-9-21-8-12(13)15(17)11-7-10(19-2)5-6-14(11)20-3/h5-9,15,17H,4H2,1-3H3. The third-order valence-electron chi connectivity index (χ3n) is 3.21. The number of esters is 1. The number of aliphatic hydroxyl groups is 1. The molecule has 0 fully saturated rings. The number of furan rings is 1. The Morgan fingerprint density at radius 1 is 1.23 bits per heavy atom. The molecule has 0 spiro atoms. The molecule has 1 aromatic heterocycles. The molecule has 22 heavy (non-hydrogen) atoms. The number of rotatable bonds is 6. The predicted molar refractivity (Wildman–Crippen MR) is 78.3 cm³/mol. The number of carbonyl (C=O) groups is 1. The van der Waals surface area contributed by atoms with Crippen molar-refractivity contribution < 1.29 is 28.5 Å². The van der Waals surface area contributed by atoms with E-state index in [1.807, 2.05) is 0 Å². The second-order valence-corrected chi connectivity index (χ2v) is 4.47. The maximum Gasteiger partial charge on any atom is 0.341 e. The lowest BCUT2D eigenvalue weighted by Crippen LogP contribution is -2.10. The summed E-state index contributed by atoms with van der Waals surface area (Å²) in [6.07, 6.45) is 1.46. The van der Waals surface area contributed by atoms with Crippen LogP contribution in [0.25, 0.3) is 0 Å². The van der Waals surface area contributed by atoms with E-state index in [1.54, 1.807) is 25.1 Å². The van der Waals surface area contributed by atoms with E-state index >= 15 is 0 Å². The van der Waals surface area contributed by atoms with Crippen molar-refractivity contribution in [3.05, 3.63) is 47.4 Å². The summed E-state index contributed by atoms with van der Waals surface area (Å²) < 4.78 is 20.4. The third kappa shape index (κ3) is 3.07. The summed E-state index contributed by atoms with van der Waals surface area (Å²) in [5, 5.41) is 10.6. The lowest BCUT2D eigenvalue weighted by atomic mass is 9.99. The van der Waals surface area contributed by atoms with Crippen LogP contribution in [-0.2, 0) is 4.74 Å². The van der Waals surface area contributed by atoms with Crippen LogP contribution in [-0.4, -0.2) is 31.9 Å². The molecule has 0 amide bonds. The van der Waals surface area contributed by atoms with Crippen molar-refractivity contribution in [2.75, 3.05) is 20.8 Å². The van der Waals surface area contributed by atoms with Crippen molar-refractivity contribution in [2.45, 2.75) is 13.0 Å². The van der Waals surface area contributed by atoms with E-state index in [9.17, 15) is 9.90 Å². The third-order valence-corrected chi connectivity index (χ3v) is 3.21. The van der Waals surface area contributed by atoms with Crippen molar-refractivity contribution in [3.63, 3.8) is 0 Å². The molecule has 0 aliphatic rings. The molecule has 0 radical (unpaired) electrons. The molecule has 0 bridgehead atoms. The van der Waals surface area contributed by atoms with Crippen LogP contribution >= 0.6 is 0 Å². The molecule has 0 aliphatic carbocycles. The lowest BCUT2D eigenvalue weighted by molar-refractivity contribution is 0.0520. The van der Waals surface area contributed by atoms with Gasteiger partial charge in [-0.25, -0.2) is 4.79 Å². The Balaban J connectivity index is 2.42. The number of carbonyl (C=O) groups excluding carboxylic acids is 1. The predicted octanol–water partition coefficient (Wildman–Crippen LogP) is 2.56. The fourth-order valence-corrected chi connectivity index (χ4v) is 2.11. The molecule has 0 saturated carbocycles. The monoisotopic (exact) mass is 306 g/mol. The van der Waals surface area contributed by atoms with Crippen LogP contribution in [0.3, 0.4) is 0 Å². The Morgan fingerprint density at radius 3 is 2.64 bits per heavy atom. The van der Waals surface area contributed by atoms with Gasteiger partial charge in [0.15, 0.2) is 0 Å². The van der Waals surface area contributed by atoms with Gasteiger partial charge < -0.3 is 23.7 Å². The zero-order chi connectivity index (χ0) is 16.1. The molecule has 118 valence electrons. The largest absolute Gasteiger partial charge is 0.497 e. The normalized spacial score (nSPS) is 11.8. The highest BCUT2D eigenvalue weighted by Crippen LogP contribution is 2.34. The number of aliphatic hydroxyl groups excluding tert-OH is 1. The molecule has 1 N–H and O–H groups in total. The van der Waals surface area contributed by atoms with E-state index in [0.717, 1.165) is 0 Å². The summed E-state index contributed by atoms with van der Waals surface area (Å²) in [7, 11) is 3.03. The summed E-state index contributed by atoms with van der Waals surface area (Å²) in [6, 6.07) is 5.05. The Morgan fingerprint density at radius 2 is 2.00 bits per heavy atom. The van der Waals surface area contributed by atoms with E-state index in [4.69, 9.17) is 18.6 Å². The van der Waals surface area contributed by atoms with Crippen LogP contribution in [0.2, 0.25) is 0 Å². The first-order valence-corrected chi connectivity index (χ1v) is 6.75. The molecule has 1 aromatic carbocycles. The topological polar surface area (TPSA) is 78.1 Å². The van der Waals surface area contributed by atoms with E-state index in [2.05, 4.69) is 0 Å². The maximum absolute atomic E-state index is 11.9. The van der Waals surface area contributed by atoms with Crippen molar-refractivity contribution in [1.82, 2.24) is 0 Å². The molecule has 1 heterocycles. The molecule has 0 saturated heterocycles. The van der Waals surface area contributed by atoms with Gasteiger partial charge in [0.05, 0.1) is 27.1 Å². The van der Waals surface area contributed by atoms with Gasteiger partial charge in [0.25, 0.3) is 0 Å². The van der Waals surface area contributed by atoms with Gasteiger partial charge in [0.1, 0.15) is 29.4 Å². The minimum atomic E-state index is -1.11. The first-order chi connectivity index (χ1) is 10.6. The number of hydrogen-bond donors (Lipinski definition) is 1. The quantitative estimate of drug-likeness (QED) is 0.826. The molecule has 6 heteroatoms. The van der Waals surface area contributed by atoms with Crippen molar-refractivity contribution in [2.24, 2.45) is 0 Å². The molecule has 1 unspecified atom stereocenters. The van der Waals surface area contributed by atoms with Gasteiger partial charge in [-0.15, -0.1) is 0 Å². The molecule has 1 atom stereocenters. The number of ether oxygens (including phenoxy) is 3. The SMILES string of the molecule is CCOC(=O)c1cocc1C(O)c1cc(OC)ccc1OC. The fourth-order valence-electron chi connectivity index (χ4n) is 2.11. The highest BCUT2D eigenvalue weighted by atomic mass is 16.5. The molecular formula is C16H18O6. The van der Waals surface area contributed by atoms with Gasteiger partial charge in [-0.3, -0.25) is 0 Å². The van der Waals surface area contributed by atoms with Crippen LogP contribution < -0.4 is 9.47 Å². The number of benzene rings is 1. The van der Waals surface area contributed by atoms with Gasteiger partial charge in [-0.2, -0.15) is 0 Å². The fraction of sp³-hybridized carbons (Fsp3) is 0.312. The maximum atomic E-state index is 11.9.